The third-order valence-corrected chi connectivity index (χ3v) is 4.91. The summed E-state index contributed by atoms with van der Waals surface area (Å²) < 4.78 is 2.24. The zero-order valence-corrected chi connectivity index (χ0v) is 13.2. The van der Waals surface area contributed by atoms with Crippen molar-refractivity contribution in [3.05, 3.63) is 35.7 Å². The van der Waals surface area contributed by atoms with Gasteiger partial charge in [0.1, 0.15) is 5.52 Å². The van der Waals surface area contributed by atoms with E-state index in [0.717, 1.165) is 47.5 Å². The zero-order valence-electron chi connectivity index (χ0n) is 12.4. The van der Waals surface area contributed by atoms with Gasteiger partial charge in [0.25, 0.3) is 0 Å². The van der Waals surface area contributed by atoms with Crippen molar-refractivity contribution in [3.63, 3.8) is 0 Å². The van der Waals surface area contributed by atoms with Crippen molar-refractivity contribution in [2.75, 3.05) is 13.1 Å². The van der Waals surface area contributed by atoms with Gasteiger partial charge >= 0.3 is 0 Å². The number of pyridine rings is 1. The van der Waals surface area contributed by atoms with Crippen molar-refractivity contribution in [2.45, 2.75) is 25.8 Å². The Hall–Kier alpha value is -1.65. The summed E-state index contributed by atoms with van der Waals surface area (Å²) in [6, 6.07) is 8.14. The molecule has 0 bridgehead atoms. The Kier molecular flexibility index (Phi) is 3.72. The molecule has 0 aliphatic carbocycles. The number of piperidine rings is 1. The number of nitrogens with one attached hydrogen (secondary N) is 1. The van der Waals surface area contributed by atoms with E-state index in [2.05, 4.69) is 25.9 Å². The lowest BCUT2D eigenvalue weighted by atomic mass is 9.95. The number of aromatic nitrogens is 3. The number of para-hydroxylation sites is 1. The van der Waals surface area contributed by atoms with Crippen LogP contribution >= 0.6 is 11.6 Å². The maximum absolute atomic E-state index is 6.30. The normalized spacial score (nSPS) is 16.6. The molecule has 0 amide bonds. The SMILES string of the molecule is Clc1nc2ccccc2c2c1ncn2CCC1CCNCC1. The lowest BCUT2D eigenvalue weighted by molar-refractivity contribution is 0.339. The van der Waals surface area contributed by atoms with Crippen LogP contribution in [-0.2, 0) is 6.54 Å². The largest absolute Gasteiger partial charge is 0.330 e. The first kappa shape index (κ1) is 14.0. The minimum absolute atomic E-state index is 0.495. The van der Waals surface area contributed by atoms with Gasteiger partial charge in [-0.15, -0.1) is 0 Å². The Morgan fingerprint density at radius 3 is 2.91 bits per heavy atom. The molecule has 1 saturated heterocycles. The van der Waals surface area contributed by atoms with Gasteiger partial charge in [-0.2, -0.15) is 0 Å². The highest BCUT2D eigenvalue weighted by molar-refractivity contribution is 6.35. The summed E-state index contributed by atoms with van der Waals surface area (Å²) in [6.07, 6.45) is 5.65. The first-order valence-electron chi connectivity index (χ1n) is 7.93. The van der Waals surface area contributed by atoms with Crippen LogP contribution in [0.2, 0.25) is 5.15 Å². The van der Waals surface area contributed by atoms with Crippen LogP contribution in [0.1, 0.15) is 19.3 Å². The van der Waals surface area contributed by atoms with Gasteiger partial charge in [-0.3, -0.25) is 0 Å². The minimum Gasteiger partial charge on any atom is -0.330 e. The highest BCUT2D eigenvalue weighted by Gasteiger charge is 2.16. The van der Waals surface area contributed by atoms with Crippen LogP contribution in [-0.4, -0.2) is 27.6 Å². The van der Waals surface area contributed by atoms with Crippen LogP contribution in [0, 0.1) is 5.92 Å². The van der Waals surface area contributed by atoms with Gasteiger partial charge in [0.15, 0.2) is 5.15 Å². The number of benzene rings is 1. The predicted molar refractivity (Wildman–Crippen MR) is 90.3 cm³/mol. The molecule has 0 radical (unpaired) electrons. The summed E-state index contributed by atoms with van der Waals surface area (Å²) in [5, 5.41) is 5.05. The Morgan fingerprint density at radius 2 is 2.05 bits per heavy atom. The average Bonchev–Trinajstić information content (AvgIpc) is 2.99. The van der Waals surface area contributed by atoms with E-state index in [1.165, 1.54) is 19.3 Å². The van der Waals surface area contributed by atoms with Gasteiger partial charge in [0.2, 0.25) is 0 Å². The molecule has 4 rings (SSSR count). The van der Waals surface area contributed by atoms with Crippen LogP contribution < -0.4 is 5.32 Å². The van der Waals surface area contributed by atoms with Gasteiger partial charge < -0.3 is 9.88 Å². The molecule has 1 aromatic carbocycles. The predicted octanol–water partition coefficient (Wildman–Crippen LogP) is 3.63. The number of imidazole rings is 1. The third-order valence-electron chi connectivity index (χ3n) is 4.65. The van der Waals surface area contributed by atoms with E-state index in [1.54, 1.807) is 0 Å². The van der Waals surface area contributed by atoms with E-state index >= 15 is 0 Å². The van der Waals surface area contributed by atoms with E-state index in [9.17, 15) is 0 Å². The number of fused-ring (bicyclic) bond motifs is 3. The molecule has 4 nitrogen and oxygen atoms in total. The third kappa shape index (κ3) is 2.46. The van der Waals surface area contributed by atoms with Gasteiger partial charge in [-0.05, 0) is 44.3 Å². The number of hydrogen-bond acceptors (Lipinski definition) is 3. The second-order valence-electron chi connectivity index (χ2n) is 6.04. The van der Waals surface area contributed by atoms with Crippen LogP contribution in [0.15, 0.2) is 30.6 Å². The molecule has 114 valence electrons. The maximum atomic E-state index is 6.30. The van der Waals surface area contributed by atoms with Gasteiger partial charge in [0.05, 0.1) is 17.4 Å². The number of halogens is 1. The molecule has 2 aromatic heterocycles. The van der Waals surface area contributed by atoms with Crippen LogP contribution in [0.3, 0.4) is 0 Å². The van der Waals surface area contributed by atoms with Crippen molar-refractivity contribution in [1.29, 1.82) is 0 Å². The van der Waals surface area contributed by atoms with E-state index in [4.69, 9.17) is 11.6 Å². The zero-order chi connectivity index (χ0) is 14.9. The topological polar surface area (TPSA) is 42.7 Å². The molecule has 0 spiro atoms. The molecular weight excluding hydrogens is 296 g/mol. The molecule has 22 heavy (non-hydrogen) atoms. The smallest absolute Gasteiger partial charge is 0.157 e. The molecule has 5 heteroatoms. The molecule has 0 unspecified atom stereocenters. The Bertz CT molecular complexity index is 805. The molecule has 1 aliphatic heterocycles. The highest BCUT2D eigenvalue weighted by Crippen LogP contribution is 2.29. The molecule has 0 atom stereocenters. The minimum atomic E-state index is 0.495. The number of rotatable bonds is 3. The fourth-order valence-corrected chi connectivity index (χ4v) is 3.64. The summed E-state index contributed by atoms with van der Waals surface area (Å²) >= 11 is 6.30. The molecular formula is C17H19ClN4. The van der Waals surface area contributed by atoms with Crippen molar-refractivity contribution >= 4 is 33.5 Å². The summed E-state index contributed by atoms with van der Waals surface area (Å²) in [5.74, 6) is 0.808. The summed E-state index contributed by atoms with van der Waals surface area (Å²) in [5.41, 5.74) is 2.86. The monoisotopic (exact) mass is 314 g/mol. The average molecular weight is 315 g/mol. The Morgan fingerprint density at radius 1 is 1.23 bits per heavy atom. The lowest BCUT2D eigenvalue weighted by Crippen LogP contribution is -2.28. The van der Waals surface area contributed by atoms with E-state index in [1.807, 2.05) is 24.5 Å². The second kappa shape index (κ2) is 5.86. The van der Waals surface area contributed by atoms with E-state index in [0.29, 0.717) is 5.15 Å². The molecule has 1 fully saturated rings. The van der Waals surface area contributed by atoms with Crippen molar-refractivity contribution in [3.8, 4) is 0 Å². The highest BCUT2D eigenvalue weighted by atomic mass is 35.5. The van der Waals surface area contributed by atoms with Gasteiger partial charge in [0, 0.05) is 11.9 Å². The van der Waals surface area contributed by atoms with E-state index in [-0.39, 0.29) is 0 Å². The quantitative estimate of drug-likeness (QED) is 0.751. The fourth-order valence-electron chi connectivity index (χ4n) is 3.41. The lowest BCUT2D eigenvalue weighted by Gasteiger charge is -2.22. The van der Waals surface area contributed by atoms with Crippen LogP contribution in [0.5, 0.6) is 0 Å². The number of aryl methyl sites for hydroxylation is 1. The Balaban J connectivity index is 1.71. The first-order chi connectivity index (χ1) is 10.8. The van der Waals surface area contributed by atoms with Crippen LogP contribution in [0.4, 0.5) is 0 Å². The fraction of sp³-hybridized carbons (Fsp3) is 0.412. The Labute approximate surface area is 134 Å². The molecule has 3 heterocycles. The van der Waals surface area contributed by atoms with E-state index < -0.39 is 0 Å². The van der Waals surface area contributed by atoms with Crippen molar-refractivity contribution < 1.29 is 0 Å². The van der Waals surface area contributed by atoms with Crippen molar-refractivity contribution in [1.82, 2.24) is 19.9 Å². The number of nitrogens with zero attached hydrogens (tertiary/aromatic N) is 3. The molecule has 1 aliphatic rings. The summed E-state index contributed by atoms with van der Waals surface area (Å²) in [7, 11) is 0. The molecule has 1 N–H and O–H groups in total. The van der Waals surface area contributed by atoms with Gasteiger partial charge in [-0.1, -0.05) is 29.8 Å². The summed E-state index contributed by atoms with van der Waals surface area (Å²) in [4.78, 5) is 8.94. The maximum Gasteiger partial charge on any atom is 0.157 e. The first-order valence-corrected chi connectivity index (χ1v) is 8.30. The summed E-state index contributed by atoms with van der Waals surface area (Å²) in [6.45, 7) is 3.29. The number of hydrogen-bond donors (Lipinski definition) is 1. The standard InChI is InChI=1S/C17H19ClN4/c18-17-15-16(13-3-1-2-4-14(13)21-17)22(11-20-15)10-7-12-5-8-19-9-6-12/h1-4,11-12,19H,5-10H2. The second-order valence-corrected chi connectivity index (χ2v) is 6.40. The van der Waals surface area contributed by atoms with Gasteiger partial charge in [-0.25, -0.2) is 9.97 Å². The molecule has 3 aromatic rings. The van der Waals surface area contributed by atoms with Crippen molar-refractivity contribution in [2.24, 2.45) is 5.92 Å². The van der Waals surface area contributed by atoms with Crippen LogP contribution in [0.25, 0.3) is 21.9 Å². The molecule has 0 saturated carbocycles.